The number of alkyl halides is 2. The maximum Gasteiger partial charge on any atom is 0.0875 e. The van der Waals surface area contributed by atoms with Crippen LogP contribution in [0.15, 0.2) is 12.2 Å². The zero-order valence-corrected chi connectivity index (χ0v) is 7.87. The monoisotopic (exact) mass is 238 g/mol. The molecule has 0 spiro atoms. The summed E-state index contributed by atoms with van der Waals surface area (Å²) in [4.78, 5) is 0. The van der Waals surface area contributed by atoms with Crippen molar-refractivity contribution < 1.29 is 0 Å². The number of hydrogen-bond donors (Lipinski definition) is 0. The molecule has 0 bridgehead atoms. The standard InChI is InChI=1S/C6H8Br2/c1-2-3-5-4-6(5,7)8/h2-3,5H,4H2,1H3/b3-2+/t5-/m1/s1. The van der Waals surface area contributed by atoms with Crippen molar-refractivity contribution in [2.24, 2.45) is 5.92 Å². The summed E-state index contributed by atoms with van der Waals surface area (Å²) in [5, 5.41) is 0. The molecular formula is C6H8Br2. The zero-order valence-electron chi connectivity index (χ0n) is 4.70. The van der Waals surface area contributed by atoms with Crippen molar-refractivity contribution in [2.45, 2.75) is 16.6 Å². The summed E-state index contributed by atoms with van der Waals surface area (Å²) in [5.41, 5.74) is 0. The molecule has 1 aliphatic carbocycles. The predicted octanol–water partition coefficient (Wildman–Crippen LogP) is 3.07. The minimum atomic E-state index is 0.256. The summed E-state index contributed by atoms with van der Waals surface area (Å²) < 4.78 is 0.256. The lowest BCUT2D eigenvalue weighted by Gasteiger charge is -1.89. The van der Waals surface area contributed by atoms with Crippen LogP contribution in [0, 0.1) is 5.92 Å². The van der Waals surface area contributed by atoms with E-state index in [1.54, 1.807) is 0 Å². The average Bonchev–Trinajstić information content (AvgIpc) is 2.15. The van der Waals surface area contributed by atoms with Crippen molar-refractivity contribution in [3.05, 3.63) is 12.2 Å². The lowest BCUT2D eigenvalue weighted by Crippen LogP contribution is -1.81. The van der Waals surface area contributed by atoms with Gasteiger partial charge in [-0.1, -0.05) is 44.0 Å². The van der Waals surface area contributed by atoms with Crippen molar-refractivity contribution in [3.63, 3.8) is 0 Å². The quantitative estimate of drug-likeness (QED) is 0.488. The van der Waals surface area contributed by atoms with Gasteiger partial charge in [0.2, 0.25) is 0 Å². The van der Waals surface area contributed by atoms with Crippen molar-refractivity contribution in [1.82, 2.24) is 0 Å². The van der Waals surface area contributed by atoms with Crippen LogP contribution in [0.25, 0.3) is 0 Å². The number of allylic oxidation sites excluding steroid dienone is 2. The van der Waals surface area contributed by atoms with Crippen LogP contribution in [0.3, 0.4) is 0 Å². The van der Waals surface area contributed by atoms with Gasteiger partial charge in [0.25, 0.3) is 0 Å². The van der Waals surface area contributed by atoms with Crippen LogP contribution < -0.4 is 0 Å². The zero-order chi connectivity index (χ0) is 6.20. The van der Waals surface area contributed by atoms with Gasteiger partial charge in [0.1, 0.15) is 0 Å². The Kier molecular flexibility index (Phi) is 1.83. The third-order valence-corrected chi connectivity index (χ3v) is 3.12. The molecule has 1 aliphatic rings. The predicted molar refractivity (Wildman–Crippen MR) is 43.5 cm³/mol. The number of rotatable bonds is 1. The molecule has 0 N–H and O–H groups in total. The van der Waals surface area contributed by atoms with Gasteiger partial charge in [-0.2, -0.15) is 0 Å². The first-order valence-corrected chi connectivity index (χ1v) is 4.26. The van der Waals surface area contributed by atoms with Gasteiger partial charge in [-0.3, -0.25) is 0 Å². The summed E-state index contributed by atoms with van der Waals surface area (Å²) in [6, 6.07) is 0. The van der Waals surface area contributed by atoms with E-state index in [1.165, 1.54) is 6.42 Å². The average molecular weight is 240 g/mol. The van der Waals surface area contributed by atoms with Crippen LogP contribution in [-0.4, -0.2) is 3.23 Å². The van der Waals surface area contributed by atoms with Gasteiger partial charge in [0.15, 0.2) is 0 Å². The molecular weight excluding hydrogens is 232 g/mol. The Morgan fingerprint density at radius 1 is 1.62 bits per heavy atom. The second kappa shape index (κ2) is 2.14. The molecule has 0 aromatic rings. The summed E-state index contributed by atoms with van der Waals surface area (Å²) in [6.45, 7) is 2.05. The third kappa shape index (κ3) is 1.35. The second-order valence-corrected chi connectivity index (χ2v) is 5.99. The molecule has 1 fully saturated rings. The van der Waals surface area contributed by atoms with Gasteiger partial charge in [0, 0.05) is 5.92 Å². The molecule has 0 nitrogen and oxygen atoms in total. The van der Waals surface area contributed by atoms with E-state index < -0.39 is 0 Å². The van der Waals surface area contributed by atoms with Crippen LogP contribution in [0.4, 0.5) is 0 Å². The molecule has 1 saturated carbocycles. The molecule has 0 aromatic carbocycles. The Balaban J connectivity index is 2.37. The van der Waals surface area contributed by atoms with Gasteiger partial charge >= 0.3 is 0 Å². The van der Waals surface area contributed by atoms with Crippen LogP contribution in [-0.2, 0) is 0 Å². The van der Waals surface area contributed by atoms with Gasteiger partial charge in [-0.25, -0.2) is 0 Å². The van der Waals surface area contributed by atoms with E-state index >= 15 is 0 Å². The summed E-state index contributed by atoms with van der Waals surface area (Å²) in [6.07, 6.45) is 5.52. The highest BCUT2D eigenvalue weighted by atomic mass is 79.9. The van der Waals surface area contributed by atoms with Crippen LogP contribution in [0.5, 0.6) is 0 Å². The normalized spacial score (nSPS) is 33.6. The molecule has 0 unspecified atom stereocenters. The summed E-state index contributed by atoms with van der Waals surface area (Å²) in [5.74, 6) is 0.715. The first-order valence-electron chi connectivity index (χ1n) is 2.67. The fraction of sp³-hybridized carbons (Fsp3) is 0.667. The Labute approximate surface area is 66.6 Å². The first-order chi connectivity index (χ1) is 3.67. The molecule has 2 heteroatoms. The van der Waals surface area contributed by atoms with Crippen molar-refractivity contribution >= 4 is 31.9 Å². The highest BCUT2D eigenvalue weighted by Gasteiger charge is 2.48. The molecule has 0 aromatic heterocycles. The molecule has 1 atom stereocenters. The Morgan fingerprint density at radius 2 is 2.12 bits per heavy atom. The fourth-order valence-electron chi connectivity index (χ4n) is 0.675. The van der Waals surface area contributed by atoms with Gasteiger partial charge in [-0.05, 0) is 13.3 Å². The van der Waals surface area contributed by atoms with Crippen LogP contribution >= 0.6 is 31.9 Å². The van der Waals surface area contributed by atoms with Crippen molar-refractivity contribution in [1.29, 1.82) is 0 Å². The second-order valence-electron chi connectivity index (χ2n) is 2.10. The lowest BCUT2D eigenvalue weighted by molar-refractivity contribution is 1.12. The van der Waals surface area contributed by atoms with E-state index in [1.807, 2.05) is 0 Å². The highest BCUT2D eigenvalue weighted by Crippen LogP contribution is 2.56. The maximum atomic E-state index is 3.52. The molecule has 1 rings (SSSR count). The van der Waals surface area contributed by atoms with Gasteiger partial charge in [-0.15, -0.1) is 0 Å². The van der Waals surface area contributed by atoms with E-state index in [2.05, 4.69) is 50.9 Å². The molecule has 46 valence electrons. The Hall–Kier alpha value is 0.700. The number of hydrogen-bond acceptors (Lipinski definition) is 0. The van der Waals surface area contributed by atoms with Crippen LogP contribution in [0.1, 0.15) is 13.3 Å². The molecule has 8 heavy (non-hydrogen) atoms. The molecule has 0 radical (unpaired) electrons. The minimum Gasteiger partial charge on any atom is -0.0913 e. The molecule has 0 heterocycles. The lowest BCUT2D eigenvalue weighted by atomic mass is 10.4. The smallest absolute Gasteiger partial charge is 0.0875 e. The highest BCUT2D eigenvalue weighted by molar-refractivity contribution is 9.25. The van der Waals surface area contributed by atoms with E-state index in [4.69, 9.17) is 0 Å². The van der Waals surface area contributed by atoms with Gasteiger partial charge in [0.05, 0.1) is 3.23 Å². The van der Waals surface area contributed by atoms with E-state index in [-0.39, 0.29) is 3.23 Å². The summed E-state index contributed by atoms with van der Waals surface area (Å²) >= 11 is 7.04. The molecule has 0 saturated heterocycles. The number of halogens is 2. The Bertz CT molecular complexity index is 116. The Morgan fingerprint density at radius 3 is 2.25 bits per heavy atom. The van der Waals surface area contributed by atoms with E-state index in [0.717, 1.165) is 0 Å². The van der Waals surface area contributed by atoms with Crippen molar-refractivity contribution in [2.75, 3.05) is 0 Å². The van der Waals surface area contributed by atoms with Crippen LogP contribution in [0.2, 0.25) is 0 Å². The topological polar surface area (TPSA) is 0 Å². The largest absolute Gasteiger partial charge is 0.0913 e. The van der Waals surface area contributed by atoms with E-state index in [0.29, 0.717) is 5.92 Å². The molecule has 0 aliphatic heterocycles. The first kappa shape index (κ1) is 6.81. The maximum absolute atomic E-state index is 3.52. The van der Waals surface area contributed by atoms with Gasteiger partial charge < -0.3 is 0 Å². The fourth-order valence-corrected chi connectivity index (χ4v) is 1.68. The molecule has 0 amide bonds. The van der Waals surface area contributed by atoms with E-state index in [9.17, 15) is 0 Å². The van der Waals surface area contributed by atoms with Crippen molar-refractivity contribution in [3.8, 4) is 0 Å². The SMILES string of the molecule is C/C=C/[C@@H]1CC1(Br)Br. The summed E-state index contributed by atoms with van der Waals surface area (Å²) in [7, 11) is 0. The third-order valence-electron chi connectivity index (χ3n) is 1.30. The minimum absolute atomic E-state index is 0.256.